The Morgan fingerprint density at radius 1 is 0.935 bits per heavy atom. The van der Waals surface area contributed by atoms with Crippen molar-refractivity contribution >= 4 is 20.9 Å². The zero-order valence-corrected chi connectivity index (χ0v) is 18.1. The SMILES string of the molecule is Cc1ccc(S(=O)(=O)n2c3c(c4ccccc42)[C@]2(c4ccccc4)OCC[C@@H]2C3)cc1. The molecule has 0 bridgehead atoms. The van der Waals surface area contributed by atoms with E-state index >= 15 is 0 Å². The normalized spacial score (nSPS) is 22.5. The summed E-state index contributed by atoms with van der Waals surface area (Å²) in [5.74, 6) is 0.226. The molecule has 31 heavy (non-hydrogen) atoms. The van der Waals surface area contributed by atoms with Gasteiger partial charge >= 0.3 is 0 Å². The number of para-hydroxylation sites is 1. The molecule has 0 saturated carbocycles. The molecule has 2 aliphatic rings. The molecule has 4 aromatic rings. The minimum atomic E-state index is -3.74. The topological polar surface area (TPSA) is 48.3 Å². The second-order valence-electron chi connectivity index (χ2n) is 8.56. The van der Waals surface area contributed by atoms with E-state index < -0.39 is 15.6 Å². The molecule has 2 atom stereocenters. The van der Waals surface area contributed by atoms with Gasteiger partial charge < -0.3 is 4.74 Å². The number of benzene rings is 3. The van der Waals surface area contributed by atoms with E-state index in [4.69, 9.17) is 4.74 Å². The average molecular weight is 430 g/mol. The molecule has 3 aromatic carbocycles. The highest BCUT2D eigenvalue weighted by Gasteiger charge is 2.55. The van der Waals surface area contributed by atoms with Crippen LogP contribution in [0.1, 0.15) is 28.8 Å². The molecule has 1 aliphatic heterocycles. The second-order valence-corrected chi connectivity index (χ2v) is 10.3. The maximum Gasteiger partial charge on any atom is 0.268 e. The average Bonchev–Trinajstić information content (AvgIpc) is 3.42. The molecule has 156 valence electrons. The fraction of sp³-hybridized carbons (Fsp3) is 0.231. The molecule has 1 fully saturated rings. The molecule has 0 unspecified atom stereocenters. The van der Waals surface area contributed by atoms with Gasteiger partial charge in [-0.25, -0.2) is 12.4 Å². The van der Waals surface area contributed by atoms with E-state index in [1.807, 2.05) is 61.5 Å². The Labute approximate surface area is 182 Å². The van der Waals surface area contributed by atoms with Crippen LogP contribution in [-0.4, -0.2) is 19.0 Å². The van der Waals surface area contributed by atoms with E-state index in [9.17, 15) is 8.42 Å². The highest BCUT2D eigenvalue weighted by atomic mass is 32.2. The molecule has 6 rings (SSSR count). The summed E-state index contributed by atoms with van der Waals surface area (Å²) >= 11 is 0. The van der Waals surface area contributed by atoms with Gasteiger partial charge in [0, 0.05) is 29.2 Å². The number of rotatable bonds is 3. The summed E-state index contributed by atoms with van der Waals surface area (Å²) in [6, 6.07) is 25.2. The van der Waals surface area contributed by atoms with Gasteiger partial charge in [-0.3, -0.25) is 0 Å². The molecule has 1 aromatic heterocycles. The summed E-state index contributed by atoms with van der Waals surface area (Å²) < 4.78 is 35.8. The first-order chi connectivity index (χ1) is 15.0. The molecule has 1 aliphatic carbocycles. The maximum atomic E-state index is 13.9. The number of hydrogen-bond acceptors (Lipinski definition) is 3. The quantitative estimate of drug-likeness (QED) is 0.459. The van der Waals surface area contributed by atoms with E-state index in [1.54, 1.807) is 16.1 Å². The molecule has 5 heteroatoms. The van der Waals surface area contributed by atoms with Crippen LogP contribution in [0.2, 0.25) is 0 Å². The van der Waals surface area contributed by atoms with Gasteiger partial charge in [-0.15, -0.1) is 0 Å². The van der Waals surface area contributed by atoms with Crippen LogP contribution in [0.15, 0.2) is 83.8 Å². The second kappa shape index (κ2) is 6.55. The first-order valence-corrected chi connectivity index (χ1v) is 12.1. The lowest BCUT2D eigenvalue weighted by atomic mass is 9.80. The number of aromatic nitrogens is 1. The molecule has 0 N–H and O–H groups in total. The van der Waals surface area contributed by atoms with Gasteiger partial charge in [-0.05, 0) is 43.5 Å². The lowest BCUT2D eigenvalue weighted by molar-refractivity contribution is 0.0205. The van der Waals surface area contributed by atoms with Gasteiger partial charge in [0.05, 0.1) is 10.4 Å². The van der Waals surface area contributed by atoms with E-state index in [2.05, 4.69) is 12.1 Å². The van der Waals surface area contributed by atoms with Crippen molar-refractivity contribution in [1.29, 1.82) is 0 Å². The Bertz CT molecular complexity index is 1400. The fourth-order valence-electron chi connectivity index (χ4n) is 5.54. The lowest BCUT2D eigenvalue weighted by Gasteiger charge is -2.30. The Balaban J connectivity index is 1.68. The van der Waals surface area contributed by atoms with Crippen molar-refractivity contribution in [3.63, 3.8) is 0 Å². The molecular formula is C26H23NO3S. The Hall–Kier alpha value is -2.89. The summed E-state index contributed by atoms with van der Waals surface area (Å²) in [4.78, 5) is 0.313. The molecule has 0 radical (unpaired) electrons. The van der Waals surface area contributed by atoms with E-state index in [0.29, 0.717) is 17.9 Å². The van der Waals surface area contributed by atoms with Crippen LogP contribution in [0.5, 0.6) is 0 Å². The molecule has 2 heterocycles. The summed E-state index contributed by atoms with van der Waals surface area (Å²) in [7, 11) is -3.74. The fourth-order valence-corrected chi connectivity index (χ4v) is 7.11. The summed E-state index contributed by atoms with van der Waals surface area (Å²) in [5.41, 5.74) is 4.14. The van der Waals surface area contributed by atoms with Crippen molar-refractivity contribution in [2.75, 3.05) is 6.61 Å². The van der Waals surface area contributed by atoms with Gasteiger partial charge in [0.25, 0.3) is 10.0 Å². The third-order valence-electron chi connectivity index (χ3n) is 6.87. The smallest absolute Gasteiger partial charge is 0.268 e. The van der Waals surface area contributed by atoms with Crippen molar-refractivity contribution in [3.05, 3.63) is 101 Å². The first kappa shape index (κ1) is 18.8. The van der Waals surface area contributed by atoms with Crippen LogP contribution < -0.4 is 0 Å². The number of ether oxygens (including phenoxy) is 1. The van der Waals surface area contributed by atoms with Crippen molar-refractivity contribution in [1.82, 2.24) is 3.97 Å². The first-order valence-electron chi connectivity index (χ1n) is 10.7. The zero-order chi connectivity index (χ0) is 21.2. The van der Waals surface area contributed by atoms with Gasteiger partial charge in [0.2, 0.25) is 0 Å². The predicted molar refractivity (Wildman–Crippen MR) is 121 cm³/mol. The summed E-state index contributed by atoms with van der Waals surface area (Å²) in [6.07, 6.45) is 1.60. The van der Waals surface area contributed by atoms with Crippen LogP contribution in [-0.2, 0) is 26.8 Å². The maximum absolute atomic E-state index is 13.9. The minimum absolute atomic E-state index is 0.226. The Morgan fingerprint density at radius 3 is 2.42 bits per heavy atom. The van der Waals surface area contributed by atoms with Gasteiger partial charge in [0.15, 0.2) is 0 Å². The monoisotopic (exact) mass is 429 g/mol. The van der Waals surface area contributed by atoms with Crippen LogP contribution in [0, 0.1) is 12.8 Å². The van der Waals surface area contributed by atoms with Crippen molar-refractivity contribution < 1.29 is 13.2 Å². The number of fused-ring (bicyclic) bond motifs is 5. The van der Waals surface area contributed by atoms with Crippen molar-refractivity contribution in [2.24, 2.45) is 5.92 Å². The Kier molecular flexibility index (Phi) is 3.98. The van der Waals surface area contributed by atoms with E-state index in [1.165, 1.54) is 0 Å². The predicted octanol–water partition coefficient (Wildman–Crippen LogP) is 5.02. The van der Waals surface area contributed by atoms with Gasteiger partial charge in [-0.1, -0.05) is 66.2 Å². The highest BCUT2D eigenvalue weighted by molar-refractivity contribution is 7.90. The van der Waals surface area contributed by atoms with Crippen LogP contribution in [0.3, 0.4) is 0 Å². The number of nitrogens with zero attached hydrogens (tertiary/aromatic N) is 1. The summed E-state index contributed by atoms with van der Waals surface area (Å²) in [6.45, 7) is 2.64. The highest BCUT2D eigenvalue weighted by Crippen LogP contribution is 2.57. The number of aryl methyl sites for hydroxylation is 1. The molecule has 1 saturated heterocycles. The molecule has 0 spiro atoms. The molecule has 4 nitrogen and oxygen atoms in total. The van der Waals surface area contributed by atoms with Crippen LogP contribution >= 0.6 is 0 Å². The van der Waals surface area contributed by atoms with Gasteiger partial charge in [0.1, 0.15) is 5.60 Å². The lowest BCUT2D eigenvalue weighted by Crippen LogP contribution is -2.30. The minimum Gasteiger partial charge on any atom is -0.365 e. The van der Waals surface area contributed by atoms with Crippen LogP contribution in [0.4, 0.5) is 0 Å². The van der Waals surface area contributed by atoms with Crippen LogP contribution in [0.25, 0.3) is 10.9 Å². The van der Waals surface area contributed by atoms with E-state index in [0.717, 1.165) is 39.7 Å². The third-order valence-corrected chi connectivity index (χ3v) is 8.64. The third kappa shape index (κ3) is 2.47. The standard InChI is InChI=1S/C26H23NO3S/c1-18-11-13-21(14-12-18)31(28,29)27-23-10-6-5-9-22(23)25-24(27)17-20-15-16-30-26(20,25)19-7-3-2-4-8-19/h2-14,20H,15-17H2,1H3/t20-,26-/m1/s1. The van der Waals surface area contributed by atoms with Crippen molar-refractivity contribution in [3.8, 4) is 0 Å². The Morgan fingerprint density at radius 2 is 1.65 bits per heavy atom. The van der Waals surface area contributed by atoms with Crippen molar-refractivity contribution in [2.45, 2.75) is 30.3 Å². The molecule has 0 amide bonds. The van der Waals surface area contributed by atoms with Gasteiger partial charge in [-0.2, -0.15) is 0 Å². The zero-order valence-electron chi connectivity index (χ0n) is 17.3. The number of hydrogen-bond donors (Lipinski definition) is 0. The summed E-state index contributed by atoms with van der Waals surface area (Å²) in [5, 5.41) is 0.960. The molecular weight excluding hydrogens is 406 g/mol. The largest absolute Gasteiger partial charge is 0.365 e. The van der Waals surface area contributed by atoms with E-state index in [-0.39, 0.29) is 5.92 Å².